The van der Waals surface area contributed by atoms with E-state index < -0.39 is 0 Å². The van der Waals surface area contributed by atoms with Crippen LogP contribution < -0.4 is 10.6 Å². The molecule has 2 N–H and O–H groups in total. The lowest BCUT2D eigenvalue weighted by Crippen LogP contribution is -2.51. The quantitative estimate of drug-likeness (QED) is 0.861. The summed E-state index contributed by atoms with van der Waals surface area (Å²) in [5.41, 5.74) is 9.56. The first-order valence-corrected chi connectivity index (χ1v) is 8.55. The lowest BCUT2D eigenvalue weighted by molar-refractivity contribution is -0.143. The SMILES string of the molecule is Cc1cccc(N2CCN(C(=O)[C@@H]3CC[C@H](CN)O3)CC2)c1C.Cl.Cl. The molecular weight excluding hydrogens is 361 g/mol. The Morgan fingerprint density at radius 1 is 1.16 bits per heavy atom. The van der Waals surface area contributed by atoms with E-state index in [0.29, 0.717) is 6.54 Å². The highest BCUT2D eigenvalue weighted by Gasteiger charge is 2.34. The van der Waals surface area contributed by atoms with Crippen molar-refractivity contribution in [1.29, 1.82) is 0 Å². The van der Waals surface area contributed by atoms with Gasteiger partial charge in [-0.05, 0) is 43.9 Å². The number of anilines is 1. The molecule has 1 amide bonds. The molecule has 3 rings (SSSR count). The van der Waals surface area contributed by atoms with Crippen LogP contribution in [-0.2, 0) is 9.53 Å². The average molecular weight is 390 g/mol. The van der Waals surface area contributed by atoms with Crippen molar-refractivity contribution in [3.8, 4) is 0 Å². The highest BCUT2D eigenvalue weighted by Crippen LogP contribution is 2.25. The van der Waals surface area contributed by atoms with Crippen molar-refractivity contribution in [2.24, 2.45) is 5.73 Å². The van der Waals surface area contributed by atoms with Gasteiger partial charge in [-0.3, -0.25) is 4.79 Å². The molecule has 142 valence electrons. The molecule has 0 aromatic heterocycles. The summed E-state index contributed by atoms with van der Waals surface area (Å²) in [6.07, 6.45) is 1.48. The van der Waals surface area contributed by atoms with Gasteiger partial charge in [-0.25, -0.2) is 0 Å². The van der Waals surface area contributed by atoms with E-state index in [1.165, 1.54) is 16.8 Å². The van der Waals surface area contributed by atoms with Gasteiger partial charge in [0.05, 0.1) is 6.10 Å². The average Bonchev–Trinajstić information content (AvgIpc) is 3.06. The highest BCUT2D eigenvalue weighted by molar-refractivity contribution is 5.85. The number of hydrogen-bond donors (Lipinski definition) is 1. The number of piperazine rings is 1. The van der Waals surface area contributed by atoms with Gasteiger partial charge in [-0.1, -0.05) is 12.1 Å². The number of aryl methyl sites for hydroxylation is 1. The van der Waals surface area contributed by atoms with Crippen molar-refractivity contribution in [3.63, 3.8) is 0 Å². The fourth-order valence-electron chi connectivity index (χ4n) is 3.51. The number of ether oxygens (including phenoxy) is 1. The molecular formula is C18H29Cl2N3O2. The van der Waals surface area contributed by atoms with Crippen LogP contribution in [0.15, 0.2) is 18.2 Å². The Labute approximate surface area is 162 Å². The molecule has 0 saturated carbocycles. The molecule has 0 aliphatic carbocycles. The molecule has 25 heavy (non-hydrogen) atoms. The maximum absolute atomic E-state index is 12.6. The van der Waals surface area contributed by atoms with Crippen LogP contribution in [0.1, 0.15) is 24.0 Å². The third kappa shape index (κ3) is 4.79. The third-order valence-electron chi connectivity index (χ3n) is 5.15. The van der Waals surface area contributed by atoms with Crippen LogP contribution in [0, 0.1) is 13.8 Å². The zero-order valence-electron chi connectivity index (χ0n) is 14.9. The number of carbonyl (C=O) groups is 1. The zero-order chi connectivity index (χ0) is 16.4. The summed E-state index contributed by atoms with van der Waals surface area (Å²) in [7, 11) is 0. The van der Waals surface area contributed by atoms with Crippen LogP contribution in [0.2, 0.25) is 0 Å². The number of nitrogens with zero attached hydrogens (tertiary/aromatic N) is 2. The number of amides is 1. The molecule has 1 aromatic carbocycles. The summed E-state index contributed by atoms with van der Waals surface area (Å²) in [6, 6.07) is 6.42. The maximum Gasteiger partial charge on any atom is 0.251 e. The van der Waals surface area contributed by atoms with Gasteiger partial charge in [0.1, 0.15) is 6.10 Å². The van der Waals surface area contributed by atoms with Crippen LogP contribution >= 0.6 is 24.8 Å². The highest BCUT2D eigenvalue weighted by atomic mass is 35.5. The number of halogens is 2. The lowest BCUT2D eigenvalue weighted by Gasteiger charge is -2.37. The Balaban J connectivity index is 0.00000156. The predicted molar refractivity (Wildman–Crippen MR) is 106 cm³/mol. The molecule has 0 radical (unpaired) electrons. The van der Waals surface area contributed by atoms with Crippen molar-refractivity contribution in [1.82, 2.24) is 4.90 Å². The Bertz CT molecular complexity index is 577. The summed E-state index contributed by atoms with van der Waals surface area (Å²) in [6.45, 7) is 8.10. The van der Waals surface area contributed by atoms with Crippen molar-refractivity contribution in [3.05, 3.63) is 29.3 Å². The molecule has 2 atom stereocenters. The van der Waals surface area contributed by atoms with Crippen molar-refractivity contribution < 1.29 is 9.53 Å². The standard InChI is InChI=1S/C18H27N3O2.2ClH/c1-13-4-3-5-16(14(13)2)20-8-10-21(11-9-20)18(22)17-7-6-15(12-19)23-17;;/h3-5,15,17H,6-12,19H2,1-2H3;2*1H/t15-,17+;;/m1../s1. The van der Waals surface area contributed by atoms with Gasteiger partial charge in [-0.15, -0.1) is 24.8 Å². The largest absolute Gasteiger partial charge is 0.368 e. The molecule has 2 fully saturated rings. The van der Waals surface area contributed by atoms with Crippen molar-refractivity contribution in [2.75, 3.05) is 37.6 Å². The zero-order valence-corrected chi connectivity index (χ0v) is 16.6. The molecule has 0 spiro atoms. The molecule has 7 heteroatoms. The summed E-state index contributed by atoms with van der Waals surface area (Å²) in [5.74, 6) is 0.140. The van der Waals surface area contributed by atoms with E-state index in [-0.39, 0.29) is 42.9 Å². The molecule has 5 nitrogen and oxygen atoms in total. The second kappa shape index (κ2) is 9.62. The number of hydrogen-bond acceptors (Lipinski definition) is 4. The number of carbonyl (C=O) groups excluding carboxylic acids is 1. The van der Waals surface area contributed by atoms with E-state index in [0.717, 1.165) is 39.0 Å². The van der Waals surface area contributed by atoms with E-state index in [1.807, 2.05) is 4.90 Å². The Hall–Kier alpha value is -1.01. The first kappa shape index (κ1) is 22.0. The van der Waals surface area contributed by atoms with Crippen molar-refractivity contribution >= 4 is 36.4 Å². The number of rotatable bonds is 3. The monoisotopic (exact) mass is 389 g/mol. The van der Waals surface area contributed by atoms with Crippen LogP contribution in [0.25, 0.3) is 0 Å². The summed E-state index contributed by atoms with van der Waals surface area (Å²) >= 11 is 0. The fourth-order valence-corrected chi connectivity index (χ4v) is 3.51. The van der Waals surface area contributed by atoms with Gasteiger partial charge in [0, 0.05) is 38.4 Å². The van der Waals surface area contributed by atoms with E-state index in [9.17, 15) is 4.79 Å². The number of benzene rings is 1. The van der Waals surface area contributed by atoms with Gasteiger partial charge >= 0.3 is 0 Å². The first-order chi connectivity index (χ1) is 11.1. The van der Waals surface area contributed by atoms with Crippen molar-refractivity contribution in [2.45, 2.75) is 38.9 Å². The van der Waals surface area contributed by atoms with E-state index in [4.69, 9.17) is 10.5 Å². The van der Waals surface area contributed by atoms with Crippen LogP contribution in [0.4, 0.5) is 5.69 Å². The molecule has 2 saturated heterocycles. The molecule has 0 bridgehead atoms. The van der Waals surface area contributed by atoms with Crippen LogP contribution in [0.5, 0.6) is 0 Å². The minimum absolute atomic E-state index is 0. The van der Waals surface area contributed by atoms with Crippen LogP contribution in [0.3, 0.4) is 0 Å². The van der Waals surface area contributed by atoms with E-state index in [2.05, 4.69) is 36.9 Å². The van der Waals surface area contributed by atoms with Gasteiger partial charge in [0.2, 0.25) is 0 Å². The summed E-state index contributed by atoms with van der Waals surface area (Å²) < 4.78 is 5.74. The molecule has 2 aliphatic rings. The topological polar surface area (TPSA) is 58.8 Å². The Kier molecular flexibility index (Phi) is 8.48. The Morgan fingerprint density at radius 2 is 1.84 bits per heavy atom. The molecule has 0 unspecified atom stereocenters. The molecule has 1 aromatic rings. The first-order valence-electron chi connectivity index (χ1n) is 8.55. The second-order valence-electron chi connectivity index (χ2n) is 6.59. The Morgan fingerprint density at radius 3 is 2.44 bits per heavy atom. The normalized spacial score (nSPS) is 23.0. The fraction of sp³-hybridized carbons (Fsp3) is 0.611. The number of nitrogens with two attached hydrogens (primary N) is 1. The predicted octanol–water partition coefficient (Wildman–Crippen LogP) is 2.30. The van der Waals surface area contributed by atoms with E-state index >= 15 is 0 Å². The van der Waals surface area contributed by atoms with Gasteiger partial charge in [0.15, 0.2) is 0 Å². The molecule has 2 heterocycles. The maximum atomic E-state index is 12.6. The minimum atomic E-state index is -0.282. The third-order valence-corrected chi connectivity index (χ3v) is 5.15. The van der Waals surface area contributed by atoms with E-state index in [1.54, 1.807) is 0 Å². The van der Waals surface area contributed by atoms with Crippen LogP contribution in [-0.4, -0.2) is 55.7 Å². The minimum Gasteiger partial charge on any atom is -0.368 e. The smallest absolute Gasteiger partial charge is 0.251 e. The van der Waals surface area contributed by atoms with Gasteiger partial charge in [-0.2, -0.15) is 0 Å². The summed E-state index contributed by atoms with van der Waals surface area (Å²) in [4.78, 5) is 16.9. The van der Waals surface area contributed by atoms with Gasteiger partial charge < -0.3 is 20.3 Å². The summed E-state index contributed by atoms with van der Waals surface area (Å²) in [5, 5.41) is 0. The second-order valence-corrected chi connectivity index (χ2v) is 6.59. The molecule has 2 aliphatic heterocycles. The van der Waals surface area contributed by atoms with Gasteiger partial charge in [0.25, 0.3) is 5.91 Å². The lowest BCUT2D eigenvalue weighted by atomic mass is 10.1.